The summed E-state index contributed by atoms with van der Waals surface area (Å²) in [6.07, 6.45) is 0.302. The monoisotopic (exact) mass is 326 g/mol. The van der Waals surface area contributed by atoms with Crippen LogP contribution >= 0.6 is 0 Å². The summed E-state index contributed by atoms with van der Waals surface area (Å²) in [6.45, 7) is 0.0487. The van der Waals surface area contributed by atoms with Crippen LogP contribution in [0.3, 0.4) is 0 Å². The highest BCUT2D eigenvalue weighted by Gasteiger charge is 2.30. The molecule has 0 N–H and O–H groups in total. The van der Waals surface area contributed by atoms with E-state index in [9.17, 15) is 9.59 Å². The van der Waals surface area contributed by atoms with Gasteiger partial charge in [0.15, 0.2) is 6.61 Å². The van der Waals surface area contributed by atoms with E-state index < -0.39 is 18.0 Å². The minimum absolute atomic E-state index is 0.240. The lowest BCUT2D eigenvalue weighted by Gasteiger charge is -2.12. The van der Waals surface area contributed by atoms with E-state index in [4.69, 9.17) is 14.2 Å². The van der Waals surface area contributed by atoms with E-state index in [1.165, 1.54) is 0 Å². The van der Waals surface area contributed by atoms with Crippen molar-refractivity contribution in [2.45, 2.75) is 18.9 Å². The Labute approximate surface area is 140 Å². The van der Waals surface area contributed by atoms with Crippen LogP contribution in [0.2, 0.25) is 0 Å². The van der Waals surface area contributed by atoms with Gasteiger partial charge in [-0.05, 0) is 17.2 Å². The third kappa shape index (κ3) is 4.13. The third-order valence-corrected chi connectivity index (χ3v) is 3.72. The summed E-state index contributed by atoms with van der Waals surface area (Å²) < 4.78 is 15.4. The number of para-hydroxylation sites is 1. The molecule has 0 amide bonds. The van der Waals surface area contributed by atoms with Gasteiger partial charge in [-0.1, -0.05) is 48.5 Å². The van der Waals surface area contributed by atoms with E-state index >= 15 is 0 Å². The maximum absolute atomic E-state index is 11.8. The number of hydrogen-bond donors (Lipinski definition) is 0. The van der Waals surface area contributed by atoms with Crippen molar-refractivity contribution in [3.8, 4) is 5.75 Å². The molecule has 0 radical (unpaired) electrons. The zero-order chi connectivity index (χ0) is 16.8. The molecule has 1 atom stereocenters. The SMILES string of the molecule is O=C(COc1ccccc1Cc1ccccc1)O[C@@H]1CCOC1=O. The predicted molar refractivity (Wildman–Crippen MR) is 86.6 cm³/mol. The van der Waals surface area contributed by atoms with Crippen molar-refractivity contribution in [3.05, 3.63) is 65.7 Å². The van der Waals surface area contributed by atoms with Crippen molar-refractivity contribution in [2.75, 3.05) is 13.2 Å². The topological polar surface area (TPSA) is 61.8 Å². The molecular formula is C19H18O5. The summed E-state index contributed by atoms with van der Waals surface area (Å²) in [4.78, 5) is 23.1. The second-order valence-corrected chi connectivity index (χ2v) is 5.49. The number of esters is 2. The summed E-state index contributed by atoms with van der Waals surface area (Å²) in [5.41, 5.74) is 2.14. The Hall–Kier alpha value is -2.82. The van der Waals surface area contributed by atoms with Gasteiger partial charge in [-0.15, -0.1) is 0 Å². The Morgan fingerprint density at radius 2 is 1.83 bits per heavy atom. The maximum Gasteiger partial charge on any atom is 0.347 e. The number of benzene rings is 2. The van der Waals surface area contributed by atoms with Crippen molar-refractivity contribution in [2.24, 2.45) is 0 Å². The number of rotatable bonds is 6. The average molecular weight is 326 g/mol. The van der Waals surface area contributed by atoms with Crippen LogP contribution in [0.5, 0.6) is 5.75 Å². The van der Waals surface area contributed by atoms with Gasteiger partial charge in [0.25, 0.3) is 0 Å². The highest BCUT2D eigenvalue weighted by molar-refractivity contribution is 5.81. The molecule has 2 aromatic rings. The highest BCUT2D eigenvalue weighted by Crippen LogP contribution is 2.21. The lowest BCUT2D eigenvalue weighted by atomic mass is 10.0. The van der Waals surface area contributed by atoms with Crippen molar-refractivity contribution in [1.82, 2.24) is 0 Å². The van der Waals surface area contributed by atoms with Crippen LogP contribution < -0.4 is 4.74 Å². The summed E-state index contributed by atoms with van der Waals surface area (Å²) in [6, 6.07) is 17.6. The Balaban J connectivity index is 1.59. The largest absolute Gasteiger partial charge is 0.482 e. The molecule has 0 bridgehead atoms. The van der Waals surface area contributed by atoms with Gasteiger partial charge in [0.2, 0.25) is 6.10 Å². The first-order valence-electron chi connectivity index (χ1n) is 7.83. The zero-order valence-corrected chi connectivity index (χ0v) is 13.1. The number of ether oxygens (including phenoxy) is 3. The molecule has 1 fully saturated rings. The third-order valence-electron chi connectivity index (χ3n) is 3.72. The minimum Gasteiger partial charge on any atom is -0.482 e. The molecule has 0 aromatic heterocycles. The fourth-order valence-electron chi connectivity index (χ4n) is 2.52. The van der Waals surface area contributed by atoms with Crippen molar-refractivity contribution in [3.63, 3.8) is 0 Å². The number of hydrogen-bond acceptors (Lipinski definition) is 5. The highest BCUT2D eigenvalue weighted by atomic mass is 16.6. The average Bonchev–Trinajstić information content (AvgIpc) is 3.00. The normalized spacial score (nSPS) is 16.5. The van der Waals surface area contributed by atoms with Crippen LogP contribution in [0, 0.1) is 0 Å². The van der Waals surface area contributed by atoms with Crippen molar-refractivity contribution in [1.29, 1.82) is 0 Å². The molecular weight excluding hydrogens is 308 g/mol. The molecule has 3 rings (SSSR count). The molecule has 124 valence electrons. The summed E-state index contributed by atoms with van der Waals surface area (Å²) in [5.74, 6) is -0.437. The molecule has 24 heavy (non-hydrogen) atoms. The van der Waals surface area contributed by atoms with Crippen molar-refractivity contribution < 1.29 is 23.8 Å². The molecule has 1 aliphatic heterocycles. The van der Waals surface area contributed by atoms with Gasteiger partial charge >= 0.3 is 11.9 Å². The van der Waals surface area contributed by atoms with Gasteiger partial charge in [0.05, 0.1) is 6.61 Å². The molecule has 0 spiro atoms. The fourth-order valence-corrected chi connectivity index (χ4v) is 2.52. The molecule has 1 aliphatic rings. The van der Waals surface area contributed by atoms with E-state index in [2.05, 4.69) is 0 Å². The first kappa shape index (κ1) is 16.1. The molecule has 0 saturated carbocycles. The van der Waals surface area contributed by atoms with E-state index in [0.717, 1.165) is 11.1 Å². The molecule has 0 unspecified atom stereocenters. The van der Waals surface area contributed by atoms with Gasteiger partial charge in [0.1, 0.15) is 5.75 Å². The first-order chi connectivity index (χ1) is 11.7. The predicted octanol–water partition coefficient (Wildman–Crippen LogP) is 2.51. The second-order valence-electron chi connectivity index (χ2n) is 5.49. The fraction of sp³-hybridized carbons (Fsp3) is 0.263. The van der Waals surface area contributed by atoms with E-state index in [1.54, 1.807) is 0 Å². The quantitative estimate of drug-likeness (QED) is 0.763. The molecule has 5 nitrogen and oxygen atoms in total. The van der Waals surface area contributed by atoms with Crippen LogP contribution in [0.4, 0.5) is 0 Å². The van der Waals surface area contributed by atoms with Crippen LogP contribution in [0.15, 0.2) is 54.6 Å². The molecule has 0 aliphatic carbocycles. The zero-order valence-electron chi connectivity index (χ0n) is 13.1. The van der Waals surface area contributed by atoms with Crippen LogP contribution in [0.1, 0.15) is 17.5 Å². The Kier molecular flexibility index (Phi) is 5.11. The van der Waals surface area contributed by atoms with Crippen LogP contribution in [0.25, 0.3) is 0 Å². The van der Waals surface area contributed by atoms with Crippen LogP contribution in [-0.2, 0) is 25.5 Å². The molecule has 1 heterocycles. The Morgan fingerprint density at radius 1 is 1.08 bits per heavy atom. The number of carbonyl (C=O) groups excluding carboxylic acids is 2. The summed E-state index contributed by atoms with van der Waals surface area (Å²) in [5, 5.41) is 0. The van der Waals surface area contributed by atoms with E-state index in [-0.39, 0.29) is 13.2 Å². The Morgan fingerprint density at radius 3 is 2.58 bits per heavy atom. The maximum atomic E-state index is 11.8. The van der Waals surface area contributed by atoms with Gasteiger partial charge in [0, 0.05) is 12.8 Å². The Bertz CT molecular complexity index is 711. The molecule has 5 heteroatoms. The number of cyclic esters (lactones) is 1. The second kappa shape index (κ2) is 7.64. The number of carbonyl (C=O) groups is 2. The van der Waals surface area contributed by atoms with Crippen LogP contribution in [-0.4, -0.2) is 31.3 Å². The van der Waals surface area contributed by atoms with Gasteiger partial charge in [-0.25, -0.2) is 9.59 Å². The minimum atomic E-state index is -0.805. The first-order valence-corrected chi connectivity index (χ1v) is 7.83. The van der Waals surface area contributed by atoms with E-state index in [0.29, 0.717) is 18.6 Å². The smallest absolute Gasteiger partial charge is 0.347 e. The lowest BCUT2D eigenvalue weighted by Crippen LogP contribution is -2.26. The van der Waals surface area contributed by atoms with Gasteiger partial charge < -0.3 is 14.2 Å². The lowest BCUT2D eigenvalue weighted by molar-refractivity contribution is -0.161. The van der Waals surface area contributed by atoms with Crippen molar-refractivity contribution >= 4 is 11.9 Å². The van der Waals surface area contributed by atoms with Gasteiger partial charge in [-0.2, -0.15) is 0 Å². The molecule has 1 saturated heterocycles. The summed E-state index contributed by atoms with van der Waals surface area (Å²) in [7, 11) is 0. The summed E-state index contributed by atoms with van der Waals surface area (Å²) >= 11 is 0. The van der Waals surface area contributed by atoms with E-state index in [1.807, 2.05) is 54.6 Å². The molecule has 2 aromatic carbocycles. The van der Waals surface area contributed by atoms with Gasteiger partial charge in [-0.3, -0.25) is 0 Å². The standard InChI is InChI=1S/C19H18O5/c20-18(24-17-10-11-22-19(17)21)13-23-16-9-5-4-8-15(16)12-14-6-2-1-3-7-14/h1-9,17H,10-13H2/t17-/m1/s1.